The van der Waals surface area contributed by atoms with Gasteiger partial charge in [-0.3, -0.25) is 9.59 Å². The number of ether oxygens (including phenoxy) is 1. The van der Waals surface area contributed by atoms with Crippen LogP contribution in [0.25, 0.3) is 0 Å². The molecule has 0 fully saturated rings. The molecule has 0 saturated carbocycles. The van der Waals surface area contributed by atoms with Crippen molar-refractivity contribution in [2.24, 2.45) is 11.8 Å². The molecule has 2 aromatic carbocycles. The third-order valence-corrected chi connectivity index (χ3v) is 5.34. The Morgan fingerprint density at radius 3 is 1.97 bits per heavy atom. The summed E-state index contributed by atoms with van der Waals surface area (Å²) in [5.74, 6) is 0.0522. The molecule has 0 heterocycles. The first-order valence-electron chi connectivity index (χ1n) is 12.3. The van der Waals surface area contributed by atoms with E-state index in [1.54, 1.807) is 0 Å². The van der Waals surface area contributed by atoms with Crippen molar-refractivity contribution in [2.75, 3.05) is 6.54 Å². The number of hydrogen-bond donors (Lipinski definition) is 3. The van der Waals surface area contributed by atoms with Crippen molar-refractivity contribution in [2.45, 2.75) is 65.6 Å². The summed E-state index contributed by atoms with van der Waals surface area (Å²) in [7, 11) is 0. The van der Waals surface area contributed by atoms with Crippen LogP contribution < -0.4 is 16.0 Å². The highest BCUT2D eigenvalue weighted by atomic mass is 16.5. The Morgan fingerprint density at radius 2 is 1.40 bits per heavy atom. The first-order valence-corrected chi connectivity index (χ1v) is 12.3. The maximum Gasteiger partial charge on any atom is 0.407 e. The van der Waals surface area contributed by atoms with Crippen LogP contribution in [0, 0.1) is 11.8 Å². The Hall–Kier alpha value is -3.35. The number of carbonyl (C=O) groups excluding carboxylic acids is 3. The van der Waals surface area contributed by atoms with E-state index in [1.807, 2.05) is 88.4 Å². The molecule has 0 aromatic heterocycles. The average Bonchev–Trinajstić information content (AvgIpc) is 2.81. The zero-order valence-corrected chi connectivity index (χ0v) is 21.3. The molecule has 2 unspecified atom stereocenters. The van der Waals surface area contributed by atoms with Crippen molar-refractivity contribution in [1.29, 1.82) is 0 Å². The largest absolute Gasteiger partial charge is 0.445 e. The maximum atomic E-state index is 13.0. The zero-order valence-electron chi connectivity index (χ0n) is 21.3. The Labute approximate surface area is 209 Å². The second-order valence-corrected chi connectivity index (χ2v) is 9.69. The summed E-state index contributed by atoms with van der Waals surface area (Å²) < 4.78 is 5.33. The van der Waals surface area contributed by atoms with Gasteiger partial charge in [-0.25, -0.2) is 4.79 Å². The van der Waals surface area contributed by atoms with E-state index in [4.69, 9.17) is 4.74 Å². The first kappa shape index (κ1) is 27.9. The fourth-order valence-electron chi connectivity index (χ4n) is 3.66. The van der Waals surface area contributed by atoms with Crippen molar-refractivity contribution in [3.63, 3.8) is 0 Å². The standard InChI is InChI=1S/C28H39N3O4/c1-20(2)15-24(30-28(34)35-19-23-13-9-6-10-14-23)17-26(32)31-25(27(33)29-18-21(3)4)16-22-11-7-5-8-12-22/h5-14,20-21,24-25H,15-19H2,1-4H3,(H,29,33)(H,30,34)(H,31,32). The average molecular weight is 482 g/mol. The number of benzene rings is 2. The summed E-state index contributed by atoms with van der Waals surface area (Å²) in [6.07, 6.45) is 0.485. The van der Waals surface area contributed by atoms with Crippen molar-refractivity contribution < 1.29 is 19.1 Å². The lowest BCUT2D eigenvalue weighted by molar-refractivity contribution is -0.129. The molecule has 0 radical (unpaired) electrons. The minimum absolute atomic E-state index is 0.0569. The number of amides is 3. The zero-order chi connectivity index (χ0) is 25.6. The molecule has 0 saturated heterocycles. The van der Waals surface area contributed by atoms with Gasteiger partial charge in [0.2, 0.25) is 11.8 Å². The summed E-state index contributed by atoms with van der Waals surface area (Å²) in [4.78, 5) is 38.2. The Bertz CT molecular complexity index is 916. The summed E-state index contributed by atoms with van der Waals surface area (Å²) in [6.45, 7) is 8.78. The van der Waals surface area contributed by atoms with Gasteiger partial charge in [0.15, 0.2) is 0 Å². The van der Waals surface area contributed by atoms with Gasteiger partial charge < -0.3 is 20.7 Å². The van der Waals surface area contributed by atoms with Crippen LogP contribution in [0.15, 0.2) is 60.7 Å². The summed E-state index contributed by atoms with van der Waals surface area (Å²) in [5.41, 5.74) is 1.84. The van der Waals surface area contributed by atoms with Crippen LogP contribution in [0.3, 0.4) is 0 Å². The predicted molar refractivity (Wildman–Crippen MR) is 138 cm³/mol. The van der Waals surface area contributed by atoms with E-state index in [2.05, 4.69) is 16.0 Å². The van der Waals surface area contributed by atoms with Gasteiger partial charge >= 0.3 is 6.09 Å². The molecular weight excluding hydrogens is 442 g/mol. The number of rotatable bonds is 13. The van der Waals surface area contributed by atoms with Gasteiger partial charge in [-0.05, 0) is 29.4 Å². The second kappa shape index (κ2) is 14.8. The Morgan fingerprint density at radius 1 is 0.800 bits per heavy atom. The first-order chi connectivity index (χ1) is 16.7. The molecule has 35 heavy (non-hydrogen) atoms. The van der Waals surface area contributed by atoms with Gasteiger partial charge in [-0.15, -0.1) is 0 Å². The van der Waals surface area contributed by atoms with Crippen molar-refractivity contribution in [3.8, 4) is 0 Å². The van der Waals surface area contributed by atoms with Gasteiger partial charge in [-0.2, -0.15) is 0 Å². The number of carbonyl (C=O) groups is 3. The molecule has 0 aliphatic heterocycles. The van der Waals surface area contributed by atoms with E-state index < -0.39 is 18.2 Å². The van der Waals surface area contributed by atoms with Crippen LogP contribution in [-0.4, -0.2) is 36.5 Å². The van der Waals surface area contributed by atoms with E-state index in [0.29, 0.717) is 25.3 Å². The van der Waals surface area contributed by atoms with Crippen LogP contribution in [0.2, 0.25) is 0 Å². The van der Waals surface area contributed by atoms with Crippen molar-refractivity contribution in [1.82, 2.24) is 16.0 Å². The van der Waals surface area contributed by atoms with Crippen molar-refractivity contribution >= 4 is 17.9 Å². The summed E-state index contributed by atoms with van der Waals surface area (Å²) >= 11 is 0. The molecule has 0 bridgehead atoms. The van der Waals surface area contributed by atoms with Gasteiger partial charge in [0.1, 0.15) is 12.6 Å². The number of nitrogens with one attached hydrogen (secondary N) is 3. The minimum atomic E-state index is -0.701. The lowest BCUT2D eigenvalue weighted by Gasteiger charge is -2.23. The van der Waals surface area contributed by atoms with E-state index in [9.17, 15) is 14.4 Å². The molecule has 2 atom stereocenters. The van der Waals surface area contributed by atoms with Crippen LogP contribution in [0.1, 0.15) is 51.7 Å². The second-order valence-electron chi connectivity index (χ2n) is 9.69. The lowest BCUT2D eigenvalue weighted by Crippen LogP contribution is -2.50. The normalized spacial score (nSPS) is 12.6. The van der Waals surface area contributed by atoms with Crippen LogP contribution >= 0.6 is 0 Å². The number of alkyl carbamates (subject to hydrolysis) is 1. The monoisotopic (exact) mass is 481 g/mol. The topological polar surface area (TPSA) is 96.5 Å². The molecule has 190 valence electrons. The molecule has 0 spiro atoms. The van der Waals surface area contributed by atoms with E-state index in [1.165, 1.54) is 0 Å². The van der Waals surface area contributed by atoms with Gasteiger partial charge in [-0.1, -0.05) is 88.4 Å². The Balaban J connectivity index is 1.98. The van der Waals surface area contributed by atoms with Gasteiger partial charge in [0, 0.05) is 25.4 Å². The molecule has 3 amide bonds. The van der Waals surface area contributed by atoms with Crippen LogP contribution in [0.5, 0.6) is 0 Å². The molecule has 7 nitrogen and oxygen atoms in total. The predicted octanol–water partition coefficient (Wildman–Crippen LogP) is 4.22. The smallest absolute Gasteiger partial charge is 0.407 e. The quantitative estimate of drug-likeness (QED) is 0.399. The Kier molecular flexibility index (Phi) is 11.8. The van der Waals surface area contributed by atoms with Crippen LogP contribution in [-0.2, 0) is 27.4 Å². The SMILES string of the molecule is CC(C)CNC(=O)C(Cc1ccccc1)NC(=O)CC(CC(C)C)NC(=O)OCc1ccccc1. The molecule has 7 heteroatoms. The van der Waals surface area contributed by atoms with Crippen molar-refractivity contribution in [3.05, 3.63) is 71.8 Å². The summed E-state index contributed by atoms with van der Waals surface area (Å²) in [6, 6.07) is 17.9. The molecule has 2 rings (SSSR count). The fraction of sp³-hybridized carbons (Fsp3) is 0.464. The van der Waals surface area contributed by atoms with E-state index in [0.717, 1.165) is 11.1 Å². The highest BCUT2D eigenvalue weighted by Gasteiger charge is 2.24. The van der Waals surface area contributed by atoms with E-state index in [-0.39, 0.29) is 30.8 Å². The highest BCUT2D eigenvalue weighted by Crippen LogP contribution is 2.11. The molecular formula is C28H39N3O4. The van der Waals surface area contributed by atoms with E-state index >= 15 is 0 Å². The fourth-order valence-corrected chi connectivity index (χ4v) is 3.66. The summed E-state index contributed by atoms with van der Waals surface area (Å²) in [5, 5.41) is 8.61. The van der Waals surface area contributed by atoms with Gasteiger partial charge in [0.25, 0.3) is 0 Å². The molecule has 2 aromatic rings. The maximum absolute atomic E-state index is 13.0. The number of hydrogen-bond acceptors (Lipinski definition) is 4. The van der Waals surface area contributed by atoms with Gasteiger partial charge in [0.05, 0.1) is 0 Å². The molecule has 0 aliphatic carbocycles. The third-order valence-electron chi connectivity index (χ3n) is 5.34. The molecule has 3 N–H and O–H groups in total. The third kappa shape index (κ3) is 11.6. The lowest BCUT2D eigenvalue weighted by atomic mass is 10.00. The molecule has 0 aliphatic rings. The minimum Gasteiger partial charge on any atom is -0.445 e. The highest BCUT2D eigenvalue weighted by molar-refractivity contribution is 5.88. The van der Waals surface area contributed by atoms with Crippen LogP contribution in [0.4, 0.5) is 4.79 Å².